The van der Waals surface area contributed by atoms with Gasteiger partial charge in [0.15, 0.2) is 11.5 Å². The van der Waals surface area contributed by atoms with Gasteiger partial charge in [0.2, 0.25) is 15.9 Å². The standard InChI is InChI=1S/C21H25N3O6S/c1-2-28-20-17(5-3-8-22-20)21(25)23-9-11-24(12-10-23)31(26,27)16-6-7-18-19(15-16)30-14-4-13-29-18/h3,5-8,15H,2,4,9-14H2,1H3. The number of aromatic nitrogens is 1. The SMILES string of the molecule is CCOc1ncccc1C(=O)N1CCN(S(=O)(=O)c2ccc3c(c2)OCCCO3)CC1. The zero-order chi connectivity index (χ0) is 21.8. The van der Waals surface area contributed by atoms with Gasteiger partial charge in [0, 0.05) is 44.9 Å². The van der Waals surface area contributed by atoms with Crippen molar-refractivity contribution in [3.05, 3.63) is 42.1 Å². The van der Waals surface area contributed by atoms with Crippen LogP contribution in [0.5, 0.6) is 17.4 Å². The second-order valence-electron chi connectivity index (χ2n) is 7.14. The molecule has 0 aliphatic carbocycles. The zero-order valence-corrected chi connectivity index (χ0v) is 18.1. The molecule has 2 aliphatic rings. The number of fused-ring (bicyclic) bond motifs is 1. The summed E-state index contributed by atoms with van der Waals surface area (Å²) in [6.45, 7) is 4.21. The van der Waals surface area contributed by atoms with E-state index in [-0.39, 0.29) is 42.9 Å². The molecule has 10 heteroatoms. The van der Waals surface area contributed by atoms with Crippen LogP contribution in [0.4, 0.5) is 0 Å². The van der Waals surface area contributed by atoms with Crippen LogP contribution in [0.1, 0.15) is 23.7 Å². The minimum atomic E-state index is -3.72. The number of piperazine rings is 1. The third-order valence-corrected chi connectivity index (χ3v) is 7.06. The second-order valence-corrected chi connectivity index (χ2v) is 9.08. The van der Waals surface area contributed by atoms with Crippen LogP contribution in [-0.4, -0.2) is 74.5 Å². The summed E-state index contributed by atoms with van der Waals surface area (Å²) in [6, 6.07) is 8.02. The van der Waals surface area contributed by atoms with Crippen molar-refractivity contribution < 1.29 is 27.4 Å². The Bertz CT molecular complexity index is 1050. The second kappa shape index (κ2) is 9.11. The Morgan fingerprint density at radius 3 is 2.58 bits per heavy atom. The van der Waals surface area contributed by atoms with Gasteiger partial charge in [-0.15, -0.1) is 0 Å². The topological polar surface area (TPSA) is 98.3 Å². The molecule has 1 aromatic carbocycles. The molecule has 3 heterocycles. The lowest BCUT2D eigenvalue weighted by atomic mass is 10.2. The molecule has 0 spiro atoms. The van der Waals surface area contributed by atoms with E-state index in [9.17, 15) is 13.2 Å². The number of pyridine rings is 1. The molecule has 2 aromatic rings. The molecule has 166 valence electrons. The fourth-order valence-electron chi connectivity index (χ4n) is 3.56. The van der Waals surface area contributed by atoms with Gasteiger partial charge in [-0.3, -0.25) is 4.79 Å². The van der Waals surface area contributed by atoms with Gasteiger partial charge in [0.1, 0.15) is 5.56 Å². The van der Waals surface area contributed by atoms with Crippen molar-refractivity contribution in [2.24, 2.45) is 0 Å². The number of hydrogen-bond donors (Lipinski definition) is 0. The van der Waals surface area contributed by atoms with E-state index in [0.717, 1.165) is 6.42 Å². The van der Waals surface area contributed by atoms with E-state index in [1.807, 2.05) is 6.92 Å². The van der Waals surface area contributed by atoms with Gasteiger partial charge >= 0.3 is 0 Å². The van der Waals surface area contributed by atoms with Crippen molar-refractivity contribution in [3.8, 4) is 17.4 Å². The smallest absolute Gasteiger partial charge is 0.259 e. The van der Waals surface area contributed by atoms with E-state index >= 15 is 0 Å². The first-order valence-electron chi connectivity index (χ1n) is 10.3. The predicted molar refractivity (Wildman–Crippen MR) is 112 cm³/mol. The van der Waals surface area contributed by atoms with E-state index in [2.05, 4.69) is 4.98 Å². The van der Waals surface area contributed by atoms with Crippen molar-refractivity contribution in [2.45, 2.75) is 18.2 Å². The zero-order valence-electron chi connectivity index (χ0n) is 17.3. The highest BCUT2D eigenvalue weighted by atomic mass is 32.2. The number of carbonyl (C=O) groups excluding carboxylic acids is 1. The first-order chi connectivity index (χ1) is 15.0. The van der Waals surface area contributed by atoms with Crippen molar-refractivity contribution in [1.29, 1.82) is 0 Å². The fourth-order valence-corrected chi connectivity index (χ4v) is 5.00. The Labute approximate surface area is 181 Å². The molecule has 0 atom stereocenters. The lowest BCUT2D eigenvalue weighted by Crippen LogP contribution is -2.50. The molecule has 31 heavy (non-hydrogen) atoms. The number of carbonyl (C=O) groups is 1. The maximum atomic E-state index is 13.1. The molecule has 0 unspecified atom stereocenters. The molecule has 9 nitrogen and oxygen atoms in total. The molecule has 4 rings (SSSR count). The van der Waals surface area contributed by atoms with E-state index in [0.29, 0.717) is 36.9 Å². The molecular formula is C21H25N3O6S. The predicted octanol–water partition coefficient (Wildman–Crippen LogP) is 1.79. The van der Waals surface area contributed by atoms with Crippen LogP contribution in [0.2, 0.25) is 0 Å². The van der Waals surface area contributed by atoms with Crippen LogP contribution in [0.25, 0.3) is 0 Å². The van der Waals surface area contributed by atoms with Gasteiger partial charge in [0.05, 0.1) is 24.7 Å². The quantitative estimate of drug-likeness (QED) is 0.689. The maximum Gasteiger partial charge on any atom is 0.259 e. The largest absolute Gasteiger partial charge is 0.490 e. The van der Waals surface area contributed by atoms with E-state index in [1.54, 1.807) is 29.3 Å². The van der Waals surface area contributed by atoms with Crippen LogP contribution in [-0.2, 0) is 10.0 Å². The first kappa shape index (κ1) is 21.4. The monoisotopic (exact) mass is 447 g/mol. The van der Waals surface area contributed by atoms with Gasteiger partial charge in [-0.05, 0) is 31.2 Å². The number of amides is 1. The number of ether oxygens (including phenoxy) is 3. The Kier molecular flexibility index (Phi) is 6.28. The highest BCUT2D eigenvalue weighted by molar-refractivity contribution is 7.89. The van der Waals surface area contributed by atoms with Gasteiger partial charge in [-0.2, -0.15) is 4.31 Å². The average molecular weight is 448 g/mol. The summed E-state index contributed by atoms with van der Waals surface area (Å²) in [5.74, 6) is 1.06. The normalized spacial score (nSPS) is 17.1. The third-order valence-electron chi connectivity index (χ3n) is 5.17. The molecule has 1 saturated heterocycles. The summed E-state index contributed by atoms with van der Waals surface area (Å²) in [4.78, 5) is 18.8. The fraction of sp³-hybridized carbons (Fsp3) is 0.429. The van der Waals surface area contributed by atoms with Gasteiger partial charge in [-0.25, -0.2) is 13.4 Å². The minimum absolute atomic E-state index is 0.155. The van der Waals surface area contributed by atoms with Crippen molar-refractivity contribution in [2.75, 3.05) is 46.0 Å². The highest BCUT2D eigenvalue weighted by Crippen LogP contribution is 2.33. The number of hydrogen-bond acceptors (Lipinski definition) is 7. The number of sulfonamides is 1. The summed E-state index contributed by atoms with van der Waals surface area (Å²) < 4.78 is 44.3. The molecule has 1 aromatic heterocycles. The summed E-state index contributed by atoms with van der Waals surface area (Å²) >= 11 is 0. The highest BCUT2D eigenvalue weighted by Gasteiger charge is 2.32. The van der Waals surface area contributed by atoms with Crippen LogP contribution in [0.3, 0.4) is 0 Å². The number of rotatable bonds is 5. The maximum absolute atomic E-state index is 13.1. The Balaban J connectivity index is 1.46. The van der Waals surface area contributed by atoms with Gasteiger partial charge < -0.3 is 19.1 Å². The molecular weight excluding hydrogens is 422 g/mol. The molecule has 2 aliphatic heterocycles. The molecule has 1 amide bonds. The summed E-state index contributed by atoms with van der Waals surface area (Å²) in [5.41, 5.74) is 0.378. The molecule has 1 fully saturated rings. The van der Waals surface area contributed by atoms with Crippen LogP contribution < -0.4 is 14.2 Å². The summed E-state index contributed by atoms with van der Waals surface area (Å²) in [5, 5.41) is 0. The van der Waals surface area contributed by atoms with Crippen LogP contribution >= 0.6 is 0 Å². The molecule has 0 N–H and O–H groups in total. The van der Waals surface area contributed by atoms with Crippen molar-refractivity contribution in [1.82, 2.24) is 14.2 Å². The molecule has 0 radical (unpaired) electrons. The lowest BCUT2D eigenvalue weighted by molar-refractivity contribution is 0.0692. The Morgan fingerprint density at radius 1 is 1.10 bits per heavy atom. The minimum Gasteiger partial charge on any atom is -0.490 e. The third kappa shape index (κ3) is 4.45. The van der Waals surface area contributed by atoms with Crippen molar-refractivity contribution in [3.63, 3.8) is 0 Å². The first-order valence-corrected chi connectivity index (χ1v) is 11.7. The van der Waals surface area contributed by atoms with Gasteiger partial charge in [0.25, 0.3) is 5.91 Å². The molecule has 0 saturated carbocycles. The van der Waals surface area contributed by atoms with Crippen molar-refractivity contribution >= 4 is 15.9 Å². The van der Waals surface area contributed by atoms with Crippen LogP contribution in [0.15, 0.2) is 41.4 Å². The number of nitrogens with zero attached hydrogens (tertiary/aromatic N) is 3. The van der Waals surface area contributed by atoms with E-state index in [1.165, 1.54) is 16.4 Å². The summed E-state index contributed by atoms with van der Waals surface area (Å²) in [6.07, 6.45) is 2.32. The average Bonchev–Trinajstić information content (AvgIpc) is 3.04. The number of benzene rings is 1. The summed E-state index contributed by atoms with van der Waals surface area (Å²) in [7, 11) is -3.72. The Hall–Kier alpha value is -2.85. The van der Waals surface area contributed by atoms with Gasteiger partial charge in [-0.1, -0.05) is 0 Å². The lowest BCUT2D eigenvalue weighted by Gasteiger charge is -2.34. The molecule has 0 bridgehead atoms. The van der Waals surface area contributed by atoms with E-state index in [4.69, 9.17) is 14.2 Å². The Morgan fingerprint density at radius 2 is 1.84 bits per heavy atom. The van der Waals surface area contributed by atoms with Crippen LogP contribution in [0, 0.1) is 0 Å². The van der Waals surface area contributed by atoms with E-state index < -0.39 is 10.0 Å².